The van der Waals surface area contributed by atoms with Crippen molar-refractivity contribution in [1.29, 1.82) is 5.26 Å². The Morgan fingerprint density at radius 3 is 1.02 bits per heavy atom. The second kappa shape index (κ2) is 25.1. The Kier molecular flexibility index (Phi) is 22.3. The molecule has 0 amide bonds. The molecule has 0 fully saturated rings. The molecule has 53 heavy (non-hydrogen) atoms. The van der Waals surface area contributed by atoms with Gasteiger partial charge in [-0.05, 0) is 115 Å². The van der Waals surface area contributed by atoms with Crippen molar-refractivity contribution in [2.45, 2.75) is 134 Å². The van der Waals surface area contributed by atoms with E-state index in [1.54, 1.807) is 13.8 Å². The molecule has 0 spiro atoms. The lowest BCUT2D eigenvalue weighted by molar-refractivity contribution is 0.101. The first kappa shape index (κ1) is 47.0. The predicted molar refractivity (Wildman–Crippen MR) is 229 cm³/mol. The molecule has 0 saturated carbocycles. The Morgan fingerprint density at radius 2 is 0.774 bits per heavy atom. The highest BCUT2D eigenvalue weighted by Crippen LogP contribution is 2.18. The summed E-state index contributed by atoms with van der Waals surface area (Å²) in [5.41, 5.74) is 9.81. The van der Waals surface area contributed by atoms with Crippen molar-refractivity contribution in [1.82, 2.24) is 0 Å². The number of aliphatic hydroxyl groups excluding tert-OH is 1. The summed E-state index contributed by atoms with van der Waals surface area (Å²) in [7, 11) is 0. The molecule has 0 aliphatic heterocycles. The fraction of sp³-hybridized carbons (Fsp3) is 0.480. The third-order valence-electron chi connectivity index (χ3n) is 8.72. The van der Waals surface area contributed by atoms with Crippen LogP contribution in [0.4, 0.5) is 0 Å². The predicted octanol–water partition coefficient (Wildman–Crippen LogP) is 13.5. The summed E-state index contributed by atoms with van der Waals surface area (Å²) in [5.74, 6) is 3.59. The number of ketones is 1. The van der Waals surface area contributed by atoms with Gasteiger partial charge in [-0.3, -0.25) is 4.79 Å². The third-order valence-corrected chi connectivity index (χ3v) is 8.72. The van der Waals surface area contributed by atoms with Crippen LogP contribution in [0.3, 0.4) is 0 Å². The highest BCUT2D eigenvalue weighted by Gasteiger charge is 2.05. The summed E-state index contributed by atoms with van der Waals surface area (Å²) >= 11 is 0. The molecule has 2 atom stereocenters. The summed E-state index contributed by atoms with van der Waals surface area (Å²) in [6.45, 7) is 27.5. The second-order valence-electron chi connectivity index (χ2n) is 16.6. The summed E-state index contributed by atoms with van der Waals surface area (Å²) < 4.78 is 0. The van der Waals surface area contributed by atoms with Crippen LogP contribution in [0.25, 0.3) is 0 Å². The van der Waals surface area contributed by atoms with Crippen LogP contribution >= 0.6 is 0 Å². The van der Waals surface area contributed by atoms with Gasteiger partial charge in [-0.2, -0.15) is 5.26 Å². The van der Waals surface area contributed by atoms with E-state index >= 15 is 0 Å². The van der Waals surface area contributed by atoms with E-state index in [2.05, 4.69) is 136 Å². The van der Waals surface area contributed by atoms with Gasteiger partial charge in [0, 0.05) is 5.56 Å². The smallest absolute Gasteiger partial charge is 0.159 e. The molecular weight excluding hydrogens is 647 g/mol. The van der Waals surface area contributed by atoms with Crippen molar-refractivity contribution in [3.05, 3.63) is 142 Å². The fourth-order valence-electron chi connectivity index (χ4n) is 5.75. The summed E-state index contributed by atoms with van der Waals surface area (Å²) in [5, 5.41) is 18.0. The van der Waals surface area contributed by atoms with E-state index in [0.29, 0.717) is 23.7 Å². The van der Waals surface area contributed by atoms with Crippen LogP contribution in [0.15, 0.2) is 97.1 Å². The van der Waals surface area contributed by atoms with Gasteiger partial charge in [0.25, 0.3) is 0 Å². The van der Waals surface area contributed by atoms with E-state index in [4.69, 9.17) is 5.26 Å². The van der Waals surface area contributed by atoms with Crippen LogP contribution in [0.5, 0.6) is 0 Å². The lowest BCUT2D eigenvalue weighted by atomic mass is 9.98. The molecule has 2 unspecified atom stereocenters. The van der Waals surface area contributed by atoms with E-state index in [1.807, 2.05) is 43.3 Å². The molecule has 0 saturated heterocycles. The second-order valence-corrected chi connectivity index (χ2v) is 16.6. The quantitative estimate of drug-likeness (QED) is 0.148. The molecule has 3 heteroatoms. The normalized spacial score (nSPS) is 11.9. The van der Waals surface area contributed by atoms with Gasteiger partial charge in [0.05, 0.1) is 18.1 Å². The van der Waals surface area contributed by atoms with Crippen molar-refractivity contribution >= 4 is 5.78 Å². The maximum Gasteiger partial charge on any atom is 0.159 e. The lowest BCUT2D eigenvalue weighted by Crippen LogP contribution is -1.96. The van der Waals surface area contributed by atoms with Gasteiger partial charge in [-0.1, -0.05) is 166 Å². The lowest BCUT2D eigenvalue weighted by Gasteiger charge is -2.08. The Morgan fingerprint density at radius 1 is 0.491 bits per heavy atom. The van der Waals surface area contributed by atoms with Crippen molar-refractivity contribution in [3.8, 4) is 6.07 Å². The molecular formula is C50H71NO2. The van der Waals surface area contributed by atoms with Gasteiger partial charge in [0.2, 0.25) is 0 Å². The maximum atomic E-state index is 11.0. The summed E-state index contributed by atoms with van der Waals surface area (Å²) in [6.07, 6.45) is 4.14. The van der Waals surface area contributed by atoms with Crippen molar-refractivity contribution in [2.75, 3.05) is 0 Å². The van der Waals surface area contributed by atoms with Gasteiger partial charge in [-0.15, -0.1) is 0 Å². The molecule has 4 aromatic rings. The first-order valence-corrected chi connectivity index (χ1v) is 19.9. The number of Topliss-reactive ketones (excluding diaryl/α,β-unsaturated/α-hetero) is 1. The van der Waals surface area contributed by atoms with E-state index in [0.717, 1.165) is 41.9 Å². The van der Waals surface area contributed by atoms with Gasteiger partial charge < -0.3 is 5.11 Å². The van der Waals surface area contributed by atoms with Crippen molar-refractivity contribution in [2.24, 2.45) is 23.7 Å². The number of rotatable bonds is 12. The largest absolute Gasteiger partial charge is 0.389 e. The zero-order valence-electron chi connectivity index (χ0n) is 35.4. The number of nitriles is 1. The maximum absolute atomic E-state index is 11.0. The first-order chi connectivity index (χ1) is 24.9. The van der Waals surface area contributed by atoms with Crippen LogP contribution in [-0.2, 0) is 25.7 Å². The monoisotopic (exact) mass is 718 g/mol. The topological polar surface area (TPSA) is 61.1 Å². The van der Waals surface area contributed by atoms with Gasteiger partial charge in [-0.25, -0.2) is 0 Å². The Hall–Kier alpha value is -4.00. The van der Waals surface area contributed by atoms with Crippen LogP contribution in [0.2, 0.25) is 0 Å². The highest BCUT2D eigenvalue weighted by atomic mass is 16.3. The van der Waals surface area contributed by atoms with Crippen LogP contribution in [0.1, 0.15) is 157 Å². The van der Waals surface area contributed by atoms with Crippen LogP contribution in [0, 0.1) is 35.0 Å². The minimum Gasteiger partial charge on any atom is -0.389 e. The standard InChI is InChI=1S/C13H17N.C13H20.C12H18O.C12H16O/c1-10(2)8-12-4-6-13(7-5-12)11(3)9-14;1-10(2)9-12-5-7-13(8-6-12)11(3)4;2*1-9(2)8-11-4-6-12(7-5-11)10(3)13/h4-7,10-11H,8H2,1-3H3;5-8,10-11H,9H2,1-4H3;4-7,9-10,13H,8H2,1-3H3;4-7,9H,8H2,1-3H3. The highest BCUT2D eigenvalue weighted by molar-refractivity contribution is 5.94. The number of carbonyl (C=O) groups excluding carboxylic acids is 1. The van der Waals surface area contributed by atoms with Gasteiger partial charge in [0.1, 0.15) is 0 Å². The van der Waals surface area contributed by atoms with Crippen LogP contribution < -0.4 is 0 Å². The van der Waals surface area contributed by atoms with Gasteiger partial charge in [0.15, 0.2) is 5.78 Å². The number of carbonyl (C=O) groups is 1. The molecule has 3 nitrogen and oxygen atoms in total. The number of hydrogen-bond donors (Lipinski definition) is 1. The number of hydrogen-bond acceptors (Lipinski definition) is 3. The summed E-state index contributed by atoms with van der Waals surface area (Å²) in [4.78, 5) is 11.0. The molecule has 0 aliphatic carbocycles. The van der Waals surface area contributed by atoms with Crippen molar-refractivity contribution in [3.63, 3.8) is 0 Å². The van der Waals surface area contributed by atoms with E-state index in [9.17, 15) is 9.90 Å². The Balaban J connectivity index is 0.000000354. The molecule has 0 heterocycles. The number of aliphatic hydroxyl groups is 1. The minimum absolute atomic E-state index is 0.00287. The Labute approximate surface area is 324 Å². The van der Waals surface area contributed by atoms with E-state index in [1.165, 1.54) is 34.2 Å². The van der Waals surface area contributed by atoms with E-state index < -0.39 is 0 Å². The van der Waals surface area contributed by atoms with Gasteiger partial charge >= 0.3 is 0 Å². The number of benzene rings is 4. The molecule has 0 aromatic heterocycles. The Bertz CT molecular complexity index is 1530. The molecule has 1 N–H and O–H groups in total. The third kappa shape index (κ3) is 20.7. The minimum atomic E-state index is -0.354. The first-order valence-electron chi connectivity index (χ1n) is 19.9. The molecule has 4 rings (SSSR count). The molecule has 4 aromatic carbocycles. The average molecular weight is 718 g/mol. The zero-order valence-corrected chi connectivity index (χ0v) is 35.4. The molecule has 0 aliphatic rings. The summed E-state index contributed by atoms with van der Waals surface area (Å²) in [6, 6.07) is 35.7. The van der Waals surface area contributed by atoms with Crippen molar-refractivity contribution < 1.29 is 9.90 Å². The molecule has 0 radical (unpaired) electrons. The van der Waals surface area contributed by atoms with E-state index in [-0.39, 0.29) is 17.8 Å². The SMILES string of the molecule is CC(=O)c1ccc(CC(C)C)cc1.CC(C)Cc1ccc(C(C)C#N)cc1.CC(C)Cc1ccc(C(C)C)cc1.CC(C)Cc1ccc(C(C)O)cc1. The number of nitrogens with zero attached hydrogens (tertiary/aromatic N) is 1. The fourth-order valence-corrected chi connectivity index (χ4v) is 5.75. The zero-order chi connectivity index (χ0) is 40.1. The molecule has 288 valence electrons. The average Bonchev–Trinajstić information content (AvgIpc) is 3.09. The molecule has 0 bridgehead atoms. The van der Waals surface area contributed by atoms with Crippen LogP contribution in [-0.4, -0.2) is 10.9 Å².